The highest BCUT2D eigenvalue weighted by molar-refractivity contribution is 9.10. The first kappa shape index (κ1) is 12.0. The number of hydrogen-bond donors (Lipinski definition) is 0. The van der Waals surface area contributed by atoms with Crippen molar-refractivity contribution < 1.29 is 4.42 Å². The van der Waals surface area contributed by atoms with E-state index in [0.29, 0.717) is 11.3 Å². The zero-order chi connectivity index (χ0) is 13.4. The van der Waals surface area contributed by atoms with Crippen LogP contribution in [0.3, 0.4) is 0 Å². The van der Waals surface area contributed by atoms with Crippen molar-refractivity contribution in [3.05, 3.63) is 58.1 Å². The molecule has 0 aliphatic carbocycles. The Morgan fingerprint density at radius 2 is 2.00 bits per heavy atom. The Hall–Kier alpha value is -2.05. The summed E-state index contributed by atoms with van der Waals surface area (Å²) in [6.45, 7) is 2.05. The first-order chi connectivity index (χ1) is 9.19. The Bertz CT molecular complexity index is 811. The second kappa shape index (κ2) is 4.56. The fourth-order valence-corrected chi connectivity index (χ4v) is 2.72. The van der Waals surface area contributed by atoms with Crippen LogP contribution in [-0.2, 0) is 0 Å². The van der Waals surface area contributed by atoms with Crippen molar-refractivity contribution in [2.24, 2.45) is 0 Å². The molecule has 0 radical (unpaired) electrons. The highest BCUT2D eigenvalue weighted by atomic mass is 79.9. The minimum atomic E-state index is 0.602. The summed E-state index contributed by atoms with van der Waals surface area (Å²) in [5, 5.41) is 10.3. The first-order valence-electron chi connectivity index (χ1n) is 5.88. The van der Waals surface area contributed by atoms with Crippen molar-refractivity contribution >= 4 is 26.9 Å². The van der Waals surface area contributed by atoms with E-state index in [-0.39, 0.29) is 0 Å². The molecule has 3 heteroatoms. The SMILES string of the molecule is Cc1ccc2oc(-c3c(Br)cccc3C#N)cc2c1. The van der Waals surface area contributed by atoms with Crippen LogP contribution in [0.25, 0.3) is 22.3 Å². The van der Waals surface area contributed by atoms with Gasteiger partial charge in [0, 0.05) is 15.4 Å². The van der Waals surface area contributed by atoms with Crippen LogP contribution in [0.15, 0.2) is 51.4 Å². The molecule has 92 valence electrons. The molecule has 0 fully saturated rings. The van der Waals surface area contributed by atoms with E-state index in [1.807, 2.05) is 37.3 Å². The third-order valence-corrected chi connectivity index (χ3v) is 3.71. The Balaban J connectivity index is 2.28. The zero-order valence-corrected chi connectivity index (χ0v) is 11.9. The van der Waals surface area contributed by atoms with Gasteiger partial charge in [0.1, 0.15) is 11.3 Å². The van der Waals surface area contributed by atoms with E-state index in [1.54, 1.807) is 6.07 Å². The predicted molar refractivity (Wildman–Crippen MR) is 78.8 cm³/mol. The predicted octanol–water partition coefficient (Wildman–Crippen LogP) is 5.04. The van der Waals surface area contributed by atoms with Gasteiger partial charge in [-0.3, -0.25) is 0 Å². The third kappa shape index (κ3) is 2.05. The maximum Gasteiger partial charge on any atom is 0.137 e. The van der Waals surface area contributed by atoms with Crippen molar-refractivity contribution in [3.63, 3.8) is 0 Å². The number of nitrogens with zero attached hydrogens (tertiary/aromatic N) is 1. The molecule has 1 aromatic heterocycles. The molecular weight excluding hydrogens is 302 g/mol. The van der Waals surface area contributed by atoms with Gasteiger partial charge in [-0.2, -0.15) is 5.26 Å². The normalized spacial score (nSPS) is 10.6. The van der Waals surface area contributed by atoms with Gasteiger partial charge < -0.3 is 4.42 Å². The maximum atomic E-state index is 9.21. The molecule has 1 heterocycles. The van der Waals surface area contributed by atoms with Crippen LogP contribution < -0.4 is 0 Å². The molecule has 0 bridgehead atoms. The fourth-order valence-electron chi connectivity index (χ4n) is 2.15. The van der Waals surface area contributed by atoms with Crippen LogP contribution in [0.4, 0.5) is 0 Å². The van der Waals surface area contributed by atoms with Crippen LogP contribution in [0.2, 0.25) is 0 Å². The highest BCUT2D eigenvalue weighted by Gasteiger charge is 2.13. The van der Waals surface area contributed by atoms with Crippen LogP contribution in [-0.4, -0.2) is 0 Å². The summed E-state index contributed by atoms with van der Waals surface area (Å²) in [7, 11) is 0. The standard InChI is InChI=1S/C16H10BrNO/c1-10-5-6-14-12(7-10)8-15(19-14)16-11(9-18)3-2-4-13(16)17/h2-8H,1H3. The molecule has 0 unspecified atom stereocenters. The van der Waals surface area contributed by atoms with E-state index in [1.165, 1.54) is 5.56 Å². The fraction of sp³-hybridized carbons (Fsp3) is 0.0625. The molecule has 0 saturated carbocycles. The summed E-state index contributed by atoms with van der Waals surface area (Å²) < 4.78 is 6.71. The Labute approximate surface area is 119 Å². The molecule has 19 heavy (non-hydrogen) atoms. The van der Waals surface area contributed by atoms with Crippen molar-refractivity contribution in [3.8, 4) is 17.4 Å². The van der Waals surface area contributed by atoms with Gasteiger partial charge in [-0.1, -0.05) is 17.7 Å². The largest absolute Gasteiger partial charge is 0.456 e. The average Bonchev–Trinajstić information content (AvgIpc) is 2.80. The van der Waals surface area contributed by atoms with Gasteiger partial charge in [-0.15, -0.1) is 0 Å². The lowest BCUT2D eigenvalue weighted by Gasteiger charge is -2.02. The summed E-state index contributed by atoms with van der Waals surface area (Å²) in [6, 6.07) is 15.8. The molecule has 0 amide bonds. The van der Waals surface area contributed by atoms with E-state index in [9.17, 15) is 5.26 Å². The van der Waals surface area contributed by atoms with Gasteiger partial charge in [-0.25, -0.2) is 0 Å². The zero-order valence-electron chi connectivity index (χ0n) is 10.3. The Morgan fingerprint density at radius 1 is 1.16 bits per heavy atom. The lowest BCUT2D eigenvalue weighted by atomic mass is 10.1. The number of halogens is 1. The average molecular weight is 312 g/mol. The van der Waals surface area contributed by atoms with Crippen molar-refractivity contribution in [1.29, 1.82) is 5.26 Å². The highest BCUT2D eigenvalue weighted by Crippen LogP contribution is 2.35. The van der Waals surface area contributed by atoms with E-state index in [4.69, 9.17) is 4.42 Å². The molecule has 0 aliphatic rings. The summed E-state index contributed by atoms with van der Waals surface area (Å²) in [5.74, 6) is 0.713. The Kier molecular flexibility index (Phi) is 2.88. The second-order valence-corrected chi connectivity index (χ2v) is 5.28. The number of fused-ring (bicyclic) bond motifs is 1. The summed E-state index contributed by atoms with van der Waals surface area (Å²) in [6.07, 6.45) is 0. The van der Waals surface area contributed by atoms with E-state index in [2.05, 4.69) is 28.1 Å². The first-order valence-corrected chi connectivity index (χ1v) is 6.67. The molecular formula is C16H10BrNO. The number of nitriles is 1. The van der Waals surface area contributed by atoms with Gasteiger partial charge in [0.15, 0.2) is 0 Å². The summed E-state index contributed by atoms with van der Waals surface area (Å²) >= 11 is 3.49. The Morgan fingerprint density at radius 3 is 2.79 bits per heavy atom. The van der Waals surface area contributed by atoms with Crippen molar-refractivity contribution in [1.82, 2.24) is 0 Å². The molecule has 0 aliphatic heterocycles. The van der Waals surface area contributed by atoms with Crippen LogP contribution in [0.1, 0.15) is 11.1 Å². The molecule has 3 rings (SSSR count). The lowest BCUT2D eigenvalue weighted by Crippen LogP contribution is -1.83. The van der Waals surface area contributed by atoms with Gasteiger partial charge in [0.25, 0.3) is 0 Å². The molecule has 0 saturated heterocycles. The van der Waals surface area contributed by atoms with Crippen LogP contribution in [0, 0.1) is 18.3 Å². The van der Waals surface area contributed by atoms with E-state index >= 15 is 0 Å². The smallest absolute Gasteiger partial charge is 0.137 e. The van der Waals surface area contributed by atoms with Gasteiger partial charge >= 0.3 is 0 Å². The number of rotatable bonds is 1. The number of hydrogen-bond acceptors (Lipinski definition) is 2. The number of furan rings is 1. The van der Waals surface area contributed by atoms with Gasteiger partial charge in [0.05, 0.1) is 11.6 Å². The molecule has 0 spiro atoms. The summed E-state index contributed by atoms with van der Waals surface area (Å²) in [5.41, 5.74) is 3.43. The molecule has 3 aromatic rings. The minimum Gasteiger partial charge on any atom is -0.456 e. The molecule has 2 aromatic carbocycles. The van der Waals surface area contributed by atoms with Crippen LogP contribution >= 0.6 is 15.9 Å². The van der Waals surface area contributed by atoms with Gasteiger partial charge in [-0.05, 0) is 53.2 Å². The number of benzene rings is 2. The quantitative estimate of drug-likeness (QED) is 0.631. The van der Waals surface area contributed by atoms with E-state index < -0.39 is 0 Å². The van der Waals surface area contributed by atoms with E-state index in [0.717, 1.165) is 21.0 Å². The van der Waals surface area contributed by atoms with Crippen molar-refractivity contribution in [2.45, 2.75) is 6.92 Å². The molecule has 0 atom stereocenters. The minimum absolute atomic E-state index is 0.602. The molecule has 2 nitrogen and oxygen atoms in total. The maximum absolute atomic E-state index is 9.21. The second-order valence-electron chi connectivity index (χ2n) is 4.43. The van der Waals surface area contributed by atoms with Crippen LogP contribution in [0.5, 0.6) is 0 Å². The lowest BCUT2D eigenvalue weighted by molar-refractivity contribution is 0.631. The van der Waals surface area contributed by atoms with Gasteiger partial charge in [0.2, 0.25) is 0 Å². The number of aryl methyl sites for hydroxylation is 1. The third-order valence-electron chi connectivity index (χ3n) is 3.05. The summed E-state index contributed by atoms with van der Waals surface area (Å²) in [4.78, 5) is 0. The molecule has 0 N–H and O–H groups in total. The van der Waals surface area contributed by atoms with Crippen molar-refractivity contribution in [2.75, 3.05) is 0 Å². The topological polar surface area (TPSA) is 36.9 Å². The monoisotopic (exact) mass is 311 g/mol.